The molecule has 0 saturated heterocycles. The maximum atomic E-state index is 12.4. The van der Waals surface area contributed by atoms with Crippen LogP contribution >= 0.6 is 0 Å². The first-order chi connectivity index (χ1) is 15.1. The largest absolute Gasteiger partial charge is 0.478 e. The lowest BCUT2D eigenvalue weighted by atomic mass is 9.87. The first-order valence-electron chi connectivity index (χ1n) is 10.3. The Morgan fingerprint density at radius 1 is 0.781 bits per heavy atom. The van der Waals surface area contributed by atoms with E-state index in [1.807, 2.05) is 24.3 Å². The number of hydrogen-bond donors (Lipinski definition) is 3. The van der Waals surface area contributed by atoms with Gasteiger partial charge >= 0.3 is 5.97 Å². The van der Waals surface area contributed by atoms with E-state index in [2.05, 4.69) is 31.4 Å². The molecule has 3 aromatic carbocycles. The minimum Gasteiger partial charge on any atom is -0.478 e. The lowest BCUT2D eigenvalue weighted by Crippen LogP contribution is -2.23. The summed E-state index contributed by atoms with van der Waals surface area (Å²) in [4.78, 5) is 35.9. The molecule has 164 valence electrons. The molecule has 0 bridgehead atoms. The van der Waals surface area contributed by atoms with Crippen LogP contribution in [-0.2, 0) is 12.0 Å². The van der Waals surface area contributed by atoms with E-state index in [1.54, 1.807) is 36.4 Å². The maximum Gasteiger partial charge on any atom is 0.335 e. The van der Waals surface area contributed by atoms with E-state index in [4.69, 9.17) is 5.11 Å². The van der Waals surface area contributed by atoms with Gasteiger partial charge in [-0.25, -0.2) is 4.79 Å². The zero-order valence-electron chi connectivity index (χ0n) is 18.3. The molecule has 0 aliphatic heterocycles. The molecule has 0 heterocycles. The summed E-state index contributed by atoms with van der Waals surface area (Å²) in [6, 6.07) is 20.5. The highest BCUT2D eigenvalue weighted by molar-refractivity contribution is 6.04. The van der Waals surface area contributed by atoms with Crippen molar-refractivity contribution in [2.45, 2.75) is 32.7 Å². The van der Waals surface area contributed by atoms with Crippen LogP contribution in [0.4, 0.5) is 5.69 Å². The minimum atomic E-state index is -1.06. The number of rotatable bonds is 6. The van der Waals surface area contributed by atoms with Crippen LogP contribution in [0.5, 0.6) is 0 Å². The molecule has 32 heavy (non-hydrogen) atoms. The summed E-state index contributed by atoms with van der Waals surface area (Å²) in [6.07, 6.45) is 0. The molecule has 0 aliphatic carbocycles. The monoisotopic (exact) mass is 430 g/mol. The quantitative estimate of drug-likeness (QED) is 0.520. The summed E-state index contributed by atoms with van der Waals surface area (Å²) >= 11 is 0. The number of nitrogens with one attached hydrogen (secondary N) is 2. The standard InChI is InChI=1S/C26H26N2O4/c1-26(2,3)21-13-11-18(12-14-21)23(29)27-16-17-7-9-19(10-8-17)24(30)28-22-6-4-5-20(15-22)25(31)32/h4-15H,16H2,1-3H3,(H,27,29)(H,28,30)(H,31,32). The highest BCUT2D eigenvalue weighted by Gasteiger charge is 2.14. The molecule has 6 nitrogen and oxygen atoms in total. The number of carboxylic acid groups (broad SMARTS) is 1. The fraction of sp³-hybridized carbons (Fsp3) is 0.192. The van der Waals surface area contributed by atoms with E-state index in [-0.39, 0.29) is 22.8 Å². The van der Waals surface area contributed by atoms with Crippen molar-refractivity contribution >= 4 is 23.5 Å². The average Bonchev–Trinajstić information content (AvgIpc) is 2.77. The van der Waals surface area contributed by atoms with Crippen molar-refractivity contribution in [3.63, 3.8) is 0 Å². The molecule has 0 unspecified atom stereocenters. The summed E-state index contributed by atoms with van der Waals surface area (Å²) in [5.41, 5.74) is 3.58. The van der Waals surface area contributed by atoms with Crippen molar-refractivity contribution in [2.24, 2.45) is 0 Å². The lowest BCUT2D eigenvalue weighted by Gasteiger charge is -2.19. The van der Waals surface area contributed by atoms with Gasteiger partial charge in [-0.3, -0.25) is 9.59 Å². The second-order valence-corrected chi connectivity index (χ2v) is 8.55. The van der Waals surface area contributed by atoms with Crippen molar-refractivity contribution in [1.82, 2.24) is 5.32 Å². The zero-order valence-corrected chi connectivity index (χ0v) is 18.3. The molecule has 6 heteroatoms. The Morgan fingerprint density at radius 2 is 1.38 bits per heavy atom. The van der Waals surface area contributed by atoms with Gasteiger partial charge in [0.15, 0.2) is 0 Å². The van der Waals surface area contributed by atoms with E-state index in [0.29, 0.717) is 23.4 Å². The molecule has 0 aliphatic rings. The summed E-state index contributed by atoms with van der Waals surface area (Å²) < 4.78 is 0. The highest BCUT2D eigenvalue weighted by atomic mass is 16.4. The summed E-state index contributed by atoms with van der Waals surface area (Å²) in [5, 5.41) is 14.6. The molecule has 0 spiro atoms. The van der Waals surface area contributed by atoms with E-state index >= 15 is 0 Å². The number of benzene rings is 3. The Labute approximate surface area is 187 Å². The summed E-state index contributed by atoms with van der Waals surface area (Å²) in [7, 11) is 0. The molecule has 0 fully saturated rings. The number of aromatic carboxylic acids is 1. The van der Waals surface area contributed by atoms with Crippen LogP contribution in [-0.4, -0.2) is 22.9 Å². The van der Waals surface area contributed by atoms with Gasteiger partial charge in [0, 0.05) is 23.4 Å². The first kappa shape index (κ1) is 22.7. The zero-order chi connectivity index (χ0) is 23.3. The molecule has 0 saturated carbocycles. The van der Waals surface area contributed by atoms with Gasteiger partial charge in [0.2, 0.25) is 0 Å². The van der Waals surface area contributed by atoms with Crippen molar-refractivity contribution in [2.75, 3.05) is 5.32 Å². The second kappa shape index (κ2) is 9.47. The predicted molar refractivity (Wildman–Crippen MR) is 124 cm³/mol. The molecule has 0 aromatic heterocycles. The number of hydrogen-bond acceptors (Lipinski definition) is 3. The fourth-order valence-corrected chi connectivity index (χ4v) is 3.11. The van der Waals surface area contributed by atoms with Crippen LogP contribution in [0.25, 0.3) is 0 Å². The van der Waals surface area contributed by atoms with E-state index in [0.717, 1.165) is 11.1 Å². The van der Waals surface area contributed by atoms with Gasteiger partial charge < -0.3 is 15.7 Å². The molecular weight excluding hydrogens is 404 g/mol. The molecular formula is C26H26N2O4. The third-order valence-corrected chi connectivity index (χ3v) is 5.05. The van der Waals surface area contributed by atoms with Gasteiger partial charge in [0.1, 0.15) is 0 Å². The molecule has 0 radical (unpaired) electrons. The van der Waals surface area contributed by atoms with Crippen LogP contribution in [0.3, 0.4) is 0 Å². The van der Waals surface area contributed by atoms with Gasteiger partial charge in [0.05, 0.1) is 5.56 Å². The van der Waals surface area contributed by atoms with Crippen LogP contribution in [0.1, 0.15) is 63.0 Å². The van der Waals surface area contributed by atoms with E-state index in [9.17, 15) is 14.4 Å². The Hall–Kier alpha value is -3.93. The van der Waals surface area contributed by atoms with Crippen LogP contribution in [0.15, 0.2) is 72.8 Å². The van der Waals surface area contributed by atoms with Gasteiger partial charge in [-0.15, -0.1) is 0 Å². The number of anilines is 1. The SMILES string of the molecule is CC(C)(C)c1ccc(C(=O)NCc2ccc(C(=O)Nc3cccc(C(=O)O)c3)cc2)cc1. The van der Waals surface area contributed by atoms with Crippen LogP contribution < -0.4 is 10.6 Å². The van der Waals surface area contributed by atoms with E-state index in [1.165, 1.54) is 12.1 Å². The van der Waals surface area contributed by atoms with Crippen LogP contribution in [0, 0.1) is 0 Å². The van der Waals surface area contributed by atoms with Crippen molar-refractivity contribution in [1.29, 1.82) is 0 Å². The van der Waals surface area contributed by atoms with Crippen molar-refractivity contribution < 1.29 is 19.5 Å². The lowest BCUT2D eigenvalue weighted by molar-refractivity contribution is 0.0696. The third kappa shape index (κ3) is 5.82. The number of carbonyl (C=O) groups excluding carboxylic acids is 2. The Balaban J connectivity index is 1.57. The first-order valence-corrected chi connectivity index (χ1v) is 10.3. The fourth-order valence-electron chi connectivity index (χ4n) is 3.11. The van der Waals surface area contributed by atoms with Gasteiger partial charge in [-0.2, -0.15) is 0 Å². The van der Waals surface area contributed by atoms with Gasteiger partial charge in [-0.1, -0.05) is 51.1 Å². The summed E-state index contributed by atoms with van der Waals surface area (Å²) in [6.45, 7) is 6.71. The predicted octanol–water partition coefficient (Wildman–Crippen LogP) is 4.86. The van der Waals surface area contributed by atoms with Crippen LogP contribution in [0.2, 0.25) is 0 Å². The van der Waals surface area contributed by atoms with Gasteiger partial charge in [0.25, 0.3) is 11.8 Å². The Kier molecular flexibility index (Phi) is 6.73. The molecule has 3 N–H and O–H groups in total. The van der Waals surface area contributed by atoms with E-state index < -0.39 is 5.97 Å². The van der Waals surface area contributed by atoms with Crippen molar-refractivity contribution in [3.05, 3.63) is 101 Å². The smallest absolute Gasteiger partial charge is 0.335 e. The number of amides is 2. The molecule has 3 rings (SSSR count). The molecule has 2 amide bonds. The third-order valence-electron chi connectivity index (χ3n) is 5.05. The molecule has 3 aromatic rings. The molecule has 0 atom stereocenters. The normalized spacial score (nSPS) is 11.0. The minimum absolute atomic E-state index is 0.0299. The highest BCUT2D eigenvalue weighted by Crippen LogP contribution is 2.22. The topological polar surface area (TPSA) is 95.5 Å². The second-order valence-electron chi connectivity index (χ2n) is 8.55. The Bertz CT molecular complexity index is 1130. The Morgan fingerprint density at radius 3 is 1.97 bits per heavy atom. The number of carboxylic acids is 1. The maximum absolute atomic E-state index is 12.4. The van der Waals surface area contributed by atoms with Gasteiger partial charge in [-0.05, 0) is 59.0 Å². The van der Waals surface area contributed by atoms with Crippen molar-refractivity contribution in [3.8, 4) is 0 Å². The number of carbonyl (C=O) groups is 3. The summed E-state index contributed by atoms with van der Waals surface area (Å²) in [5.74, 6) is -1.56. The average molecular weight is 431 g/mol.